The third-order valence-corrected chi connectivity index (χ3v) is 3.98. The number of aliphatic hydroxyl groups excluding tert-OH is 1. The van der Waals surface area contributed by atoms with E-state index in [0.29, 0.717) is 16.7 Å². The van der Waals surface area contributed by atoms with Crippen LogP contribution >= 0.6 is 0 Å². The van der Waals surface area contributed by atoms with Crippen molar-refractivity contribution < 1.29 is 13.9 Å². The van der Waals surface area contributed by atoms with Crippen LogP contribution in [0.5, 0.6) is 0 Å². The minimum atomic E-state index is -0.952. The van der Waals surface area contributed by atoms with Gasteiger partial charge in [0, 0.05) is 5.39 Å². The van der Waals surface area contributed by atoms with E-state index in [1.807, 2.05) is 18.2 Å². The van der Waals surface area contributed by atoms with Gasteiger partial charge in [-0.05, 0) is 29.8 Å². The Balaban J connectivity index is 1.74. The van der Waals surface area contributed by atoms with Gasteiger partial charge in [-0.1, -0.05) is 24.3 Å². The molecule has 5 nitrogen and oxygen atoms in total. The molecule has 2 aromatic heterocycles. The molecule has 120 valence electrons. The van der Waals surface area contributed by atoms with E-state index in [1.54, 1.807) is 6.07 Å². The van der Waals surface area contributed by atoms with Crippen molar-refractivity contribution in [3.8, 4) is 0 Å². The Bertz CT molecular complexity index is 1080. The highest BCUT2D eigenvalue weighted by molar-refractivity contribution is 6.01. The summed E-state index contributed by atoms with van der Waals surface area (Å²) in [7, 11) is 0. The van der Waals surface area contributed by atoms with Crippen molar-refractivity contribution in [1.29, 1.82) is 0 Å². The summed E-state index contributed by atoms with van der Waals surface area (Å²) >= 11 is 0. The number of hydrogen-bond acceptors (Lipinski definition) is 4. The molecule has 1 unspecified atom stereocenters. The highest BCUT2D eigenvalue weighted by Crippen LogP contribution is 2.24. The number of para-hydroxylation sites is 1. The third-order valence-electron chi connectivity index (χ3n) is 3.98. The lowest BCUT2D eigenvalue weighted by Crippen LogP contribution is -2.23. The van der Waals surface area contributed by atoms with Crippen LogP contribution in [-0.4, -0.2) is 14.7 Å². The maximum atomic E-state index is 13.0. The maximum absolute atomic E-state index is 13.0. The molecule has 24 heavy (non-hydrogen) atoms. The lowest BCUT2D eigenvalue weighted by Gasteiger charge is -2.12. The smallest absolute Gasteiger partial charge is 0.297 e. The van der Waals surface area contributed by atoms with Crippen molar-refractivity contribution in [2.75, 3.05) is 0 Å². The van der Waals surface area contributed by atoms with Gasteiger partial charge in [-0.2, -0.15) is 0 Å². The predicted octanol–water partition coefficient (Wildman–Crippen LogP) is 3.02. The van der Waals surface area contributed by atoms with Crippen LogP contribution in [0, 0.1) is 5.82 Å². The van der Waals surface area contributed by atoms with Crippen LogP contribution in [0.2, 0.25) is 0 Å². The van der Waals surface area contributed by atoms with Crippen LogP contribution in [0.4, 0.5) is 4.39 Å². The number of fused-ring (bicyclic) bond motifs is 3. The average Bonchev–Trinajstić information content (AvgIpc) is 2.97. The lowest BCUT2D eigenvalue weighted by atomic mass is 10.1. The third kappa shape index (κ3) is 2.37. The Kier molecular flexibility index (Phi) is 3.39. The summed E-state index contributed by atoms with van der Waals surface area (Å²) in [5.41, 5.74) is 1.41. The number of rotatable bonds is 3. The molecule has 1 atom stereocenters. The second kappa shape index (κ2) is 5.58. The molecule has 0 spiro atoms. The summed E-state index contributed by atoms with van der Waals surface area (Å²) in [6.07, 6.45) is 0.436. The largest absolute Gasteiger partial charge is 0.448 e. The number of hydrogen-bond donors (Lipinski definition) is 1. The van der Waals surface area contributed by atoms with Crippen molar-refractivity contribution >= 4 is 22.1 Å². The number of aromatic nitrogens is 2. The first-order chi connectivity index (χ1) is 11.6. The molecule has 4 rings (SSSR count). The van der Waals surface area contributed by atoms with Crippen LogP contribution < -0.4 is 5.56 Å². The van der Waals surface area contributed by atoms with E-state index in [-0.39, 0.29) is 23.5 Å². The second-order valence-electron chi connectivity index (χ2n) is 5.55. The first kappa shape index (κ1) is 14.6. The number of furan rings is 1. The van der Waals surface area contributed by atoms with Crippen LogP contribution in [-0.2, 0) is 6.54 Å². The van der Waals surface area contributed by atoms with Gasteiger partial charge in [0.25, 0.3) is 5.56 Å². The summed E-state index contributed by atoms with van der Waals surface area (Å²) in [6.45, 7) is 0.00442. The van der Waals surface area contributed by atoms with E-state index in [1.165, 1.54) is 35.2 Å². The number of halogens is 1. The molecule has 6 heteroatoms. The van der Waals surface area contributed by atoms with E-state index in [9.17, 15) is 14.3 Å². The fourth-order valence-electron chi connectivity index (χ4n) is 2.72. The van der Waals surface area contributed by atoms with Crippen LogP contribution in [0.25, 0.3) is 22.1 Å². The van der Waals surface area contributed by atoms with E-state index < -0.39 is 6.10 Å². The van der Waals surface area contributed by atoms with Crippen molar-refractivity contribution in [1.82, 2.24) is 9.55 Å². The molecule has 0 amide bonds. The Labute approximate surface area is 135 Å². The molecule has 0 fully saturated rings. The molecule has 0 aliphatic carbocycles. The first-order valence-corrected chi connectivity index (χ1v) is 7.44. The monoisotopic (exact) mass is 324 g/mol. The molecule has 0 bridgehead atoms. The molecule has 0 saturated carbocycles. The standard InChI is InChI=1S/C18H13FN2O3/c19-12-7-5-11(6-8-12)14(22)9-21-10-20-16-13-3-1-2-4-15(13)24-17(16)18(21)23/h1-8,10,14,22H,9H2. The van der Waals surface area contributed by atoms with Crippen molar-refractivity contribution in [2.45, 2.75) is 12.6 Å². The number of aliphatic hydroxyl groups is 1. The molecule has 0 aliphatic rings. The van der Waals surface area contributed by atoms with Gasteiger partial charge in [0.2, 0.25) is 5.58 Å². The summed E-state index contributed by atoms with van der Waals surface area (Å²) in [6, 6.07) is 12.8. The van der Waals surface area contributed by atoms with Gasteiger partial charge in [-0.25, -0.2) is 9.37 Å². The van der Waals surface area contributed by atoms with E-state index in [0.717, 1.165) is 5.39 Å². The highest BCUT2D eigenvalue weighted by atomic mass is 19.1. The van der Waals surface area contributed by atoms with Gasteiger partial charge in [0.15, 0.2) is 0 Å². The van der Waals surface area contributed by atoms with Crippen molar-refractivity contribution in [3.63, 3.8) is 0 Å². The van der Waals surface area contributed by atoms with Gasteiger partial charge in [-0.3, -0.25) is 9.36 Å². The Morgan fingerprint density at radius 1 is 1.17 bits per heavy atom. The summed E-state index contributed by atoms with van der Waals surface area (Å²) in [4.78, 5) is 16.9. The highest BCUT2D eigenvalue weighted by Gasteiger charge is 2.15. The van der Waals surface area contributed by atoms with E-state index in [2.05, 4.69) is 4.98 Å². The van der Waals surface area contributed by atoms with Gasteiger partial charge < -0.3 is 9.52 Å². The van der Waals surface area contributed by atoms with E-state index in [4.69, 9.17) is 4.42 Å². The van der Waals surface area contributed by atoms with Crippen LogP contribution in [0.1, 0.15) is 11.7 Å². The quantitative estimate of drug-likeness (QED) is 0.629. The predicted molar refractivity (Wildman–Crippen MR) is 87.1 cm³/mol. The lowest BCUT2D eigenvalue weighted by molar-refractivity contribution is 0.154. The minimum absolute atomic E-state index is 0.00442. The molecule has 0 aliphatic heterocycles. The molecule has 1 N–H and O–H groups in total. The first-order valence-electron chi connectivity index (χ1n) is 7.44. The Morgan fingerprint density at radius 2 is 1.92 bits per heavy atom. The summed E-state index contributed by atoms with van der Waals surface area (Å²) < 4.78 is 19.8. The summed E-state index contributed by atoms with van der Waals surface area (Å²) in [5.74, 6) is -0.381. The fourth-order valence-corrected chi connectivity index (χ4v) is 2.72. The minimum Gasteiger partial charge on any atom is -0.448 e. The SMILES string of the molecule is O=c1c2oc3ccccc3c2ncn1CC(O)c1ccc(F)cc1. The zero-order valence-electron chi connectivity index (χ0n) is 12.5. The zero-order chi connectivity index (χ0) is 16.7. The Hall–Kier alpha value is -2.99. The normalized spacial score (nSPS) is 12.8. The van der Waals surface area contributed by atoms with Gasteiger partial charge >= 0.3 is 0 Å². The molecule has 2 aromatic carbocycles. The maximum Gasteiger partial charge on any atom is 0.297 e. The van der Waals surface area contributed by atoms with Gasteiger partial charge in [-0.15, -0.1) is 0 Å². The molecular weight excluding hydrogens is 311 g/mol. The zero-order valence-corrected chi connectivity index (χ0v) is 12.5. The Morgan fingerprint density at radius 3 is 2.71 bits per heavy atom. The van der Waals surface area contributed by atoms with Crippen LogP contribution in [0.3, 0.4) is 0 Å². The molecule has 0 radical (unpaired) electrons. The molecule has 4 aromatic rings. The van der Waals surface area contributed by atoms with Crippen molar-refractivity contribution in [3.05, 3.63) is 76.6 Å². The number of nitrogens with zero attached hydrogens (tertiary/aromatic N) is 2. The number of benzene rings is 2. The fraction of sp³-hybridized carbons (Fsp3) is 0.111. The summed E-state index contributed by atoms with van der Waals surface area (Å²) in [5, 5.41) is 11.0. The van der Waals surface area contributed by atoms with Gasteiger partial charge in [0.05, 0.1) is 19.0 Å². The van der Waals surface area contributed by atoms with E-state index >= 15 is 0 Å². The average molecular weight is 324 g/mol. The topological polar surface area (TPSA) is 68.3 Å². The van der Waals surface area contributed by atoms with Crippen molar-refractivity contribution in [2.24, 2.45) is 0 Å². The van der Waals surface area contributed by atoms with Crippen LogP contribution in [0.15, 0.2) is 64.1 Å². The molecular formula is C18H13FN2O3. The second-order valence-corrected chi connectivity index (χ2v) is 5.55. The molecule has 2 heterocycles. The molecule has 0 saturated heterocycles. The van der Waals surface area contributed by atoms with Gasteiger partial charge in [0.1, 0.15) is 16.9 Å².